The average Bonchev–Trinajstić information content (AvgIpc) is 2.97. The number of hydrogen-bond acceptors (Lipinski definition) is 4. The normalized spacial score (nSPS) is 15.2. The van der Waals surface area contributed by atoms with Gasteiger partial charge in [0, 0.05) is 11.6 Å². The van der Waals surface area contributed by atoms with Crippen LogP contribution in [0.2, 0.25) is 0 Å². The topological polar surface area (TPSA) is 59.9 Å². The summed E-state index contributed by atoms with van der Waals surface area (Å²) in [6.45, 7) is 0. The molecule has 0 bridgehead atoms. The molecule has 122 valence electrons. The van der Waals surface area contributed by atoms with Gasteiger partial charge in [-0.05, 0) is 35.9 Å². The molecular weight excluding hydrogens is 311 g/mol. The van der Waals surface area contributed by atoms with Crippen LogP contribution in [-0.2, 0) is 4.79 Å². The highest BCUT2D eigenvalue weighted by molar-refractivity contribution is 6.20. The highest BCUT2D eigenvalue weighted by atomic mass is 19.1. The molecule has 0 spiro atoms. The molecule has 6 heteroatoms. The SMILES string of the molecule is COc1cc(OC)cc(C2=N/C(=C/c3ccc(F)cc3)C(=O)N2)c1. The van der Waals surface area contributed by atoms with E-state index in [-0.39, 0.29) is 17.4 Å². The maximum absolute atomic E-state index is 13.0. The van der Waals surface area contributed by atoms with Gasteiger partial charge in [-0.3, -0.25) is 4.79 Å². The zero-order valence-electron chi connectivity index (χ0n) is 13.2. The number of aliphatic imine (C=N–C) groups is 1. The number of nitrogens with one attached hydrogen (secondary N) is 1. The fraction of sp³-hybridized carbons (Fsp3) is 0.111. The van der Waals surface area contributed by atoms with E-state index >= 15 is 0 Å². The number of nitrogens with zero attached hydrogens (tertiary/aromatic N) is 1. The van der Waals surface area contributed by atoms with E-state index in [2.05, 4.69) is 10.3 Å². The van der Waals surface area contributed by atoms with Gasteiger partial charge in [-0.2, -0.15) is 0 Å². The summed E-state index contributed by atoms with van der Waals surface area (Å²) in [4.78, 5) is 16.4. The molecule has 2 aromatic carbocycles. The molecule has 0 unspecified atom stereocenters. The van der Waals surface area contributed by atoms with Gasteiger partial charge in [0.05, 0.1) is 14.2 Å². The van der Waals surface area contributed by atoms with Crippen molar-refractivity contribution >= 4 is 17.8 Å². The summed E-state index contributed by atoms with van der Waals surface area (Å²) in [5, 5.41) is 2.71. The third kappa shape index (κ3) is 3.27. The second-order valence-corrected chi connectivity index (χ2v) is 5.10. The highest BCUT2D eigenvalue weighted by Crippen LogP contribution is 2.24. The van der Waals surface area contributed by atoms with Gasteiger partial charge in [-0.25, -0.2) is 9.38 Å². The van der Waals surface area contributed by atoms with Gasteiger partial charge in [-0.15, -0.1) is 0 Å². The minimum absolute atomic E-state index is 0.249. The Morgan fingerprint density at radius 2 is 1.67 bits per heavy atom. The van der Waals surface area contributed by atoms with Crippen molar-refractivity contribution in [1.82, 2.24) is 5.32 Å². The van der Waals surface area contributed by atoms with Crippen LogP contribution < -0.4 is 14.8 Å². The molecule has 1 aliphatic rings. The Morgan fingerprint density at radius 3 is 2.25 bits per heavy atom. The van der Waals surface area contributed by atoms with Gasteiger partial charge < -0.3 is 14.8 Å². The summed E-state index contributed by atoms with van der Waals surface area (Å²) in [5.74, 6) is 0.942. The molecule has 0 saturated heterocycles. The molecule has 1 heterocycles. The first-order valence-electron chi connectivity index (χ1n) is 7.20. The number of ether oxygens (including phenoxy) is 2. The van der Waals surface area contributed by atoms with Crippen LogP contribution in [0.25, 0.3) is 6.08 Å². The van der Waals surface area contributed by atoms with Crippen molar-refractivity contribution in [3.8, 4) is 11.5 Å². The minimum Gasteiger partial charge on any atom is -0.497 e. The largest absolute Gasteiger partial charge is 0.497 e. The van der Waals surface area contributed by atoms with E-state index in [1.807, 2.05) is 0 Å². The summed E-state index contributed by atoms with van der Waals surface area (Å²) >= 11 is 0. The Hall–Kier alpha value is -3.15. The summed E-state index contributed by atoms with van der Waals surface area (Å²) in [6.07, 6.45) is 1.60. The first-order chi connectivity index (χ1) is 11.6. The molecule has 0 fully saturated rings. The van der Waals surface area contributed by atoms with Crippen LogP contribution in [0.5, 0.6) is 11.5 Å². The molecule has 1 amide bonds. The molecule has 2 aromatic rings. The van der Waals surface area contributed by atoms with Crippen molar-refractivity contribution in [3.63, 3.8) is 0 Å². The predicted octanol–water partition coefficient (Wildman–Crippen LogP) is 2.76. The minimum atomic E-state index is -0.333. The van der Waals surface area contributed by atoms with Crippen LogP contribution in [0, 0.1) is 5.82 Å². The fourth-order valence-corrected chi connectivity index (χ4v) is 2.27. The molecule has 0 aliphatic carbocycles. The standard InChI is InChI=1S/C18H15FN2O3/c1-23-14-8-12(9-15(10-14)24-2)17-20-16(18(22)21-17)7-11-3-5-13(19)6-4-11/h3-10H,1-2H3,(H,20,21,22)/b16-7+. The maximum atomic E-state index is 13.0. The van der Waals surface area contributed by atoms with E-state index in [1.54, 1.807) is 50.6 Å². The average molecular weight is 326 g/mol. The number of methoxy groups -OCH3 is 2. The second kappa shape index (κ2) is 6.54. The van der Waals surface area contributed by atoms with Crippen molar-refractivity contribution in [3.05, 3.63) is 65.1 Å². The molecule has 0 atom stereocenters. The van der Waals surface area contributed by atoms with Crippen LogP contribution in [0.3, 0.4) is 0 Å². The van der Waals surface area contributed by atoms with Gasteiger partial charge in [0.2, 0.25) is 0 Å². The monoisotopic (exact) mass is 326 g/mol. The lowest BCUT2D eigenvalue weighted by Gasteiger charge is -2.08. The lowest BCUT2D eigenvalue weighted by atomic mass is 10.2. The molecule has 5 nitrogen and oxygen atoms in total. The molecule has 0 saturated carbocycles. The summed E-state index contributed by atoms with van der Waals surface area (Å²) in [7, 11) is 3.10. The molecule has 24 heavy (non-hydrogen) atoms. The van der Waals surface area contributed by atoms with Crippen molar-refractivity contribution in [2.24, 2.45) is 4.99 Å². The lowest BCUT2D eigenvalue weighted by Crippen LogP contribution is -2.24. The van der Waals surface area contributed by atoms with E-state index in [0.29, 0.717) is 28.5 Å². The lowest BCUT2D eigenvalue weighted by molar-refractivity contribution is -0.115. The van der Waals surface area contributed by atoms with Crippen LogP contribution in [0.4, 0.5) is 4.39 Å². The number of carbonyl (C=O) groups excluding carboxylic acids is 1. The van der Waals surface area contributed by atoms with Crippen molar-refractivity contribution in [2.75, 3.05) is 14.2 Å². The Morgan fingerprint density at radius 1 is 1.04 bits per heavy atom. The Bertz CT molecular complexity index is 820. The fourth-order valence-electron chi connectivity index (χ4n) is 2.27. The van der Waals surface area contributed by atoms with Crippen LogP contribution in [-0.4, -0.2) is 26.0 Å². The Balaban J connectivity index is 1.95. The van der Waals surface area contributed by atoms with Crippen molar-refractivity contribution in [1.29, 1.82) is 0 Å². The molecule has 3 rings (SSSR count). The number of hydrogen-bond donors (Lipinski definition) is 1. The Labute approximate surface area is 138 Å². The summed E-state index contributed by atoms with van der Waals surface area (Å²) in [6, 6.07) is 11.1. The first-order valence-corrected chi connectivity index (χ1v) is 7.20. The molecule has 0 aromatic heterocycles. The smallest absolute Gasteiger partial charge is 0.275 e. The van der Waals surface area contributed by atoms with E-state index in [4.69, 9.17) is 9.47 Å². The zero-order valence-corrected chi connectivity index (χ0v) is 13.2. The van der Waals surface area contributed by atoms with E-state index in [9.17, 15) is 9.18 Å². The number of halogens is 1. The third-order valence-corrected chi connectivity index (χ3v) is 3.50. The summed E-state index contributed by atoms with van der Waals surface area (Å²) in [5.41, 5.74) is 1.61. The maximum Gasteiger partial charge on any atom is 0.275 e. The predicted molar refractivity (Wildman–Crippen MR) is 88.6 cm³/mol. The molecule has 1 N–H and O–H groups in total. The number of carbonyl (C=O) groups is 1. The van der Waals surface area contributed by atoms with Crippen molar-refractivity contribution in [2.45, 2.75) is 0 Å². The number of amidine groups is 1. The van der Waals surface area contributed by atoms with Gasteiger partial charge in [0.25, 0.3) is 5.91 Å². The van der Waals surface area contributed by atoms with Crippen LogP contribution in [0.1, 0.15) is 11.1 Å². The second-order valence-electron chi connectivity index (χ2n) is 5.10. The molecular formula is C18H15FN2O3. The van der Waals surface area contributed by atoms with Crippen LogP contribution >= 0.6 is 0 Å². The van der Waals surface area contributed by atoms with Gasteiger partial charge in [-0.1, -0.05) is 12.1 Å². The van der Waals surface area contributed by atoms with Gasteiger partial charge in [0.1, 0.15) is 28.8 Å². The number of rotatable bonds is 4. The quantitative estimate of drug-likeness (QED) is 0.879. The first kappa shape index (κ1) is 15.7. The van der Waals surface area contributed by atoms with E-state index < -0.39 is 0 Å². The zero-order chi connectivity index (χ0) is 17.1. The Kier molecular flexibility index (Phi) is 4.29. The molecule has 0 radical (unpaired) electrons. The van der Waals surface area contributed by atoms with Crippen molar-refractivity contribution < 1.29 is 18.7 Å². The van der Waals surface area contributed by atoms with E-state index in [0.717, 1.165) is 0 Å². The number of amides is 1. The van der Waals surface area contributed by atoms with Gasteiger partial charge in [0.15, 0.2) is 0 Å². The van der Waals surface area contributed by atoms with Crippen LogP contribution in [0.15, 0.2) is 53.2 Å². The highest BCUT2D eigenvalue weighted by Gasteiger charge is 2.22. The molecule has 1 aliphatic heterocycles. The third-order valence-electron chi connectivity index (χ3n) is 3.50. The van der Waals surface area contributed by atoms with E-state index in [1.165, 1.54) is 12.1 Å². The van der Waals surface area contributed by atoms with Gasteiger partial charge >= 0.3 is 0 Å². The summed E-state index contributed by atoms with van der Waals surface area (Å²) < 4.78 is 23.4. The number of benzene rings is 2.